The van der Waals surface area contributed by atoms with Gasteiger partial charge in [-0.25, -0.2) is 4.39 Å². The Morgan fingerprint density at radius 2 is 1.94 bits per heavy atom. The van der Waals surface area contributed by atoms with E-state index < -0.39 is 0 Å². The van der Waals surface area contributed by atoms with Crippen molar-refractivity contribution in [3.63, 3.8) is 0 Å². The molecule has 18 heavy (non-hydrogen) atoms. The molecule has 94 valence electrons. The number of para-hydroxylation sites is 1. The summed E-state index contributed by atoms with van der Waals surface area (Å²) in [6.45, 7) is 0. The summed E-state index contributed by atoms with van der Waals surface area (Å²) in [7, 11) is 1.60. The van der Waals surface area contributed by atoms with Gasteiger partial charge in [-0.3, -0.25) is 0 Å². The first-order valence-corrected chi connectivity index (χ1v) is 6.78. The highest BCUT2D eigenvalue weighted by Gasteiger charge is 2.10. The molecule has 0 fully saturated rings. The first-order chi connectivity index (χ1) is 8.61. The van der Waals surface area contributed by atoms with Gasteiger partial charge in [0.1, 0.15) is 11.6 Å². The number of rotatable bonds is 3. The molecule has 0 saturated heterocycles. The molecule has 0 unspecified atom stereocenters. The molecule has 2 rings (SSSR count). The highest BCUT2D eigenvalue weighted by atomic mass is 79.9. The van der Waals surface area contributed by atoms with Crippen LogP contribution in [0.4, 0.5) is 10.1 Å². The number of halogens is 2. The second-order valence-electron chi connectivity index (χ2n) is 3.56. The third kappa shape index (κ3) is 2.79. The van der Waals surface area contributed by atoms with Gasteiger partial charge in [0.25, 0.3) is 0 Å². The van der Waals surface area contributed by atoms with E-state index in [0.717, 1.165) is 10.6 Å². The number of ether oxygens (including phenoxy) is 1. The van der Waals surface area contributed by atoms with Gasteiger partial charge in [0.05, 0.1) is 16.5 Å². The van der Waals surface area contributed by atoms with E-state index in [0.29, 0.717) is 15.1 Å². The highest BCUT2D eigenvalue weighted by Crippen LogP contribution is 2.38. The molecule has 2 aromatic rings. The van der Waals surface area contributed by atoms with Crippen LogP contribution in [0.2, 0.25) is 0 Å². The largest absolute Gasteiger partial charge is 0.496 e. The lowest BCUT2D eigenvalue weighted by Crippen LogP contribution is -1.92. The molecule has 2 aromatic carbocycles. The Kier molecular flexibility index (Phi) is 4.14. The number of hydrogen-bond acceptors (Lipinski definition) is 3. The van der Waals surface area contributed by atoms with Crippen molar-refractivity contribution < 1.29 is 9.13 Å². The van der Waals surface area contributed by atoms with Gasteiger partial charge in [-0.2, -0.15) is 0 Å². The average molecular weight is 328 g/mol. The van der Waals surface area contributed by atoms with Crippen LogP contribution in [-0.4, -0.2) is 7.11 Å². The van der Waals surface area contributed by atoms with Crippen LogP contribution >= 0.6 is 27.7 Å². The van der Waals surface area contributed by atoms with E-state index in [1.165, 1.54) is 17.8 Å². The summed E-state index contributed by atoms with van der Waals surface area (Å²) >= 11 is 4.48. The first-order valence-electron chi connectivity index (χ1n) is 5.17. The molecule has 2 nitrogen and oxygen atoms in total. The predicted molar refractivity (Wildman–Crippen MR) is 75.6 cm³/mol. The summed E-state index contributed by atoms with van der Waals surface area (Å²) in [6, 6.07) is 10.5. The number of methoxy groups -OCH3 is 1. The van der Waals surface area contributed by atoms with Gasteiger partial charge in [-0.05, 0) is 40.2 Å². The van der Waals surface area contributed by atoms with Gasteiger partial charge in [0, 0.05) is 10.6 Å². The van der Waals surface area contributed by atoms with E-state index in [4.69, 9.17) is 10.5 Å². The minimum absolute atomic E-state index is 0.332. The van der Waals surface area contributed by atoms with Gasteiger partial charge >= 0.3 is 0 Å². The van der Waals surface area contributed by atoms with E-state index >= 15 is 0 Å². The van der Waals surface area contributed by atoms with E-state index in [1.807, 2.05) is 24.3 Å². The smallest absolute Gasteiger partial charge is 0.138 e. The molecule has 0 aliphatic carbocycles. The van der Waals surface area contributed by atoms with Crippen molar-refractivity contribution in [1.82, 2.24) is 0 Å². The summed E-state index contributed by atoms with van der Waals surface area (Å²) in [5, 5.41) is 0. The molecule has 0 atom stereocenters. The van der Waals surface area contributed by atoms with Crippen LogP contribution in [-0.2, 0) is 0 Å². The van der Waals surface area contributed by atoms with E-state index in [-0.39, 0.29) is 5.82 Å². The van der Waals surface area contributed by atoms with Crippen molar-refractivity contribution in [2.24, 2.45) is 0 Å². The van der Waals surface area contributed by atoms with Crippen LogP contribution in [0, 0.1) is 5.82 Å². The molecule has 0 amide bonds. The van der Waals surface area contributed by atoms with Crippen LogP contribution in [0.25, 0.3) is 0 Å². The molecule has 0 saturated carbocycles. The lowest BCUT2D eigenvalue weighted by Gasteiger charge is -2.10. The minimum Gasteiger partial charge on any atom is -0.496 e. The van der Waals surface area contributed by atoms with Gasteiger partial charge in [0.15, 0.2) is 0 Å². The van der Waals surface area contributed by atoms with Crippen molar-refractivity contribution in [3.05, 3.63) is 46.7 Å². The number of hydrogen-bond donors (Lipinski definition) is 1. The monoisotopic (exact) mass is 327 g/mol. The molecule has 0 radical (unpaired) electrons. The lowest BCUT2D eigenvalue weighted by molar-refractivity contribution is 0.405. The summed E-state index contributed by atoms with van der Waals surface area (Å²) in [5.41, 5.74) is 6.40. The maximum Gasteiger partial charge on any atom is 0.138 e. The van der Waals surface area contributed by atoms with Crippen LogP contribution in [0.3, 0.4) is 0 Å². The fraction of sp³-hybridized carbons (Fsp3) is 0.0769. The molecule has 0 aliphatic heterocycles. The lowest BCUT2D eigenvalue weighted by atomic mass is 10.3. The van der Waals surface area contributed by atoms with Crippen molar-refractivity contribution in [3.8, 4) is 5.75 Å². The molecule has 0 heterocycles. The van der Waals surface area contributed by atoms with Crippen molar-refractivity contribution in [2.45, 2.75) is 9.79 Å². The fourth-order valence-corrected chi connectivity index (χ4v) is 2.79. The van der Waals surface area contributed by atoms with Crippen molar-refractivity contribution in [1.29, 1.82) is 0 Å². The Bertz CT molecular complexity index is 577. The Morgan fingerprint density at radius 1 is 1.22 bits per heavy atom. The maximum atomic E-state index is 13.5. The van der Waals surface area contributed by atoms with Crippen LogP contribution < -0.4 is 10.5 Å². The zero-order valence-corrected chi connectivity index (χ0v) is 12.0. The minimum atomic E-state index is -0.332. The summed E-state index contributed by atoms with van der Waals surface area (Å²) in [4.78, 5) is 1.56. The van der Waals surface area contributed by atoms with Crippen LogP contribution in [0.5, 0.6) is 5.75 Å². The normalized spacial score (nSPS) is 10.4. The molecule has 0 aliphatic rings. The molecule has 0 spiro atoms. The summed E-state index contributed by atoms with van der Waals surface area (Å²) in [5.74, 6) is 0.409. The average Bonchev–Trinajstić information content (AvgIpc) is 2.36. The van der Waals surface area contributed by atoms with Crippen LogP contribution in [0.15, 0.2) is 50.7 Å². The third-order valence-electron chi connectivity index (χ3n) is 2.34. The second-order valence-corrected chi connectivity index (χ2v) is 5.50. The van der Waals surface area contributed by atoms with Gasteiger partial charge in [0.2, 0.25) is 0 Å². The molecular weight excluding hydrogens is 317 g/mol. The predicted octanol–water partition coefficient (Wildman–Crippen LogP) is 4.33. The number of nitrogens with two attached hydrogens (primary N) is 1. The molecule has 0 bridgehead atoms. The Hall–Kier alpha value is -1.20. The highest BCUT2D eigenvalue weighted by molar-refractivity contribution is 9.10. The van der Waals surface area contributed by atoms with Gasteiger partial charge in [-0.15, -0.1) is 0 Å². The maximum absolute atomic E-state index is 13.5. The van der Waals surface area contributed by atoms with E-state index in [9.17, 15) is 4.39 Å². The molecular formula is C13H11BrFNOS. The van der Waals surface area contributed by atoms with Crippen LogP contribution in [0.1, 0.15) is 0 Å². The molecule has 5 heteroatoms. The Morgan fingerprint density at radius 3 is 2.67 bits per heavy atom. The fourth-order valence-electron chi connectivity index (χ4n) is 1.45. The van der Waals surface area contributed by atoms with Crippen molar-refractivity contribution in [2.75, 3.05) is 12.8 Å². The number of anilines is 1. The Labute approximate surface area is 117 Å². The zero-order valence-electron chi connectivity index (χ0n) is 9.61. The first kappa shape index (κ1) is 13.2. The standard InChI is InChI=1S/C13H11BrFNOS/c1-17-11-4-2-3-5-12(11)18-13-7-9(15)8(14)6-10(13)16/h2-7H,16H2,1H3. The van der Waals surface area contributed by atoms with Crippen molar-refractivity contribution >= 4 is 33.4 Å². The van der Waals surface area contributed by atoms with E-state index in [2.05, 4.69) is 15.9 Å². The molecule has 2 N–H and O–H groups in total. The zero-order chi connectivity index (χ0) is 13.1. The van der Waals surface area contributed by atoms with Gasteiger partial charge in [-0.1, -0.05) is 23.9 Å². The van der Waals surface area contributed by atoms with Gasteiger partial charge < -0.3 is 10.5 Å². The number of benzene rings is 2. The second kappa shape index (κ2) is 5.63. The Balaban J connectivity index is 2.37. The third-order valence-corrected chi connectivity index (χ3v) is 4.08. The SMILES string of the molecule is COc1ccccc1Sc1cc(F)c(Br)cc1N. The topological polar surface area (TPSA) is 35.2 Å². The summed E-state index contributed by atoms with van der Waals surface area (Å²) in [6.07, 6.45) is 0. The summed E-state index contributed by atoms with van der Waals surface area (Å²) < 4.78 is 19.1. The van der Waals surface area contributed by atoms with E-state index in [1.54, 1.807) is 13.2 Å². The molecule has 0 aromatic heterocycles. The number of nitrogen functional groups attached to an aromatic ring is 1. The quantitative estimate of drug-likeness (QED) is 0.852.